The SMILES string of the molecule is O=C(O)c1c[nH]c2cc(-c3cccs3)ccc12. The number of nitrogens with one attached hydrogen (secondary N) is 1. The number of carbonyl (C=O) groups is 1. The summed E-state index contributed by atoms with van der Waals surface area (Å²) in [4.78, 5) is 15.1. The molecular weight excluding hydrogens is 234 g/mol. The van der Waals surface area contributed by atoms with Crippen molar-refractivity contribution in [3.63, 3.8) is 0 Å². The molecule has 3 nitrogen and oxygen atoms in total. The van der Waals surface area contributed by atoms with Crippen molar-refractivity contribution in [2.24, 2.45) is 0 Å². The highest BCUT2D eigenvalue weighted by Crippen LogP contribution is 2.28. The van der Waals surface area contributed by atoms with E-state index in [0.29, 0.717) is 5.56 Å². The molecule has 4 heteroatoms. The highest BCUT2D eigenvalue weighted by molar-refractivity contribution is 7.13. The first-order valence-corrected chi connectivity index (χ1v) is 6.02. The number of aromatic amines is 1. The summed E-state index contributed by atoms with van der Waals surface area (Å²) in [6.45, 7) is 0. The van der Waals surface area contributed by atoms with Gasteiger partial charge < -0.3 is 10.1 Å². The van der Waals surface area contributed by atoms with Gasteiger partial charge in [0.15, 0.2) is 0 Å². The van der Waals surface area contributed by atoms with Crippen molar-refractivity contribution in [2.45, 2.75) is 0 Å². The van der Waals surface area contributed by atoms with Crippen LogP contribution < -0.4 is 0 Å². The zero-order valence-electron chi connectivity index (χ0n) is 8.81. The van der Waals surface area contributed by atoms with Crippen LogP contribution in [0.5, 0.6) is 0 Å². The van der Waals surface area contributed by atoms with Gasteiger partial charge in [0.2, 0.25) is 0 Å². The van der Waals surface area contributed by atoms with E-state index in [1.165, 1.54) is 11.1 Å². The fourth-order valence-electron chi connectivity index (χ4n) is 1.90. The van der Waals surface area contributed by atoms with Crippen LogP contribution in [0.25, 0.3) is 21.3 Å². The predicted octanol–water partition coefficient (Wildman–Crippen LogP) is 3.59. The molecular formula is C13H9NO2S. The van der Waals surface area contributed by atoms with Crippen molar-refractivity contribution < 1.29 is 9.90 Å². The van der Waals surface area contributed by atoms with Crippen LogP contribution in [0.4, 0.5) is 0 Å². The molecule has 3 rings (SSSR count). The van der Waals surface area contributed by atoms with E-state index in [9.17, 15) is 4.79 Å². The van der Waals surface area contributed by atoms with Crippen molar-refractivity contribution >= 4 is 28.2 Å². The van der Waals surface area contributed by atoms with Crippen molar-refractivity contribution in [1.82, 2.24) is 4.98 Å². The second-order valence-corrected chi connectivity index (χ2v) is 4.69. The Balaban J connectivity index is 2.18. The third-order valence-corrected chi connectivity index (χ3v) is 3.64. The quantitative estimate of drug-likeness (QED) is 0.722. The summed E-state index contributed by atoms with van der Waals surface area (Å²) in [7, 11) is 0. The van der Waals surface area contributed by atoms with Crippen LogP contribution >= 0.6 is 11.3 Å². The Labute approximate surface area is 101 Å². The number of fused-ring (bicyclic) bond motifs is 1. The second kappa shape index (κ2) is 3.75. The lowest BCUT2D eigenvalue weighted by Gasteiger charge is -1.98. The molecule has 0 saturated heterocycles. The number of aromatic nitrogens is 1. The smallest absolute Gasteiger partial charge is 0.337 e. The van der Waals surface area contributed by atoms with Crippen molar-refractivity contribution in [3.8, 4) is 10.4 Å². The maximum absolute atomic E-state index is 11.0. The standard InChI is InChI=1S/C13H9NO2S/c15-13(16)10-7-14-11-6-8(3-4-9(10)11)12-2-1-5-17-12/h1-7,14H,(H,15,16). The summed E-state index contributed by atoms with van der Waals surface area (Å²) in [6, 6.07) is 9.83. The molecule has 17 heavy (non-hydrogen) atoms. The molecule has 1 aromatic carbocycles. The van der Waals surface area contributed by atoms with E-state index in [1.54, 1.807) is 11.3 Å². The Hall–Kier alpha value is -2.07. The van der Waals surface area contributed by atoms with E-state index < -0.39 is 5.97 Å². The summed E-state index contributed by atoms with van der Waals surface area (Å²) >= 11 is 1.67. The molecule has 0 fully saturated rings. The van der Waals surface area contributed by atoms with Crippen molar-refractivity contribution in [2.75, 3.05) is 0 Å². The molecule has 0 radical (unpaired) electrons. The number of benzene rings is 1. The lowest BCUT2D eigenvalue weighted by molar-refractivity contribution is 0.0699. The third kappa shape index (κ3) is 1.62. The van der Waals surface area contributed by atoms with Gasteiger partial charge in [-0.05, 0) is 23.1 Å². The average Bonchev–Trinajstić information content (AvgIpc) is 2.97. The van der Waals surface area contributed by atoms with E-state index in [-0.39, 0.29) is 0 Å². The molecule has 0 aliphatic rings. The fraction of sp³-hybridized carbons (Fsp3) is 0. The van der Waals surface area contributed by atoms with Gasteiger partial charge in [0.05, 0.1) is 5.56 Å². The molecule has 2 heterocycles. The Morgan fingerprint density at radius 1 is 1.29 bits per heavy atom. The van der Waals surface area contributed by atoms with Crippen LogP contribution in [0.2, 0.25) is 0 Å². The number of rotatable bonds is 2. The van der Waals surface area contributed by atoms with Gasteiger partial charge in [-0.25, -0.2) is 4.79 Å². The number of H-pyrrole nitrogens is 1. The molecule has 3 aromatic rings. The van der Waals surface area contributed by atoms with E-state index in [1.807, 2.05) is 35.7 Å². The first-order valence-electron chi connectivity index (χ1n) is 5.14. The maximum atomic E-state index is 11.0. The number of hydrogen-bond acceptors (Lipinski definition) is 2. The van der Waals surface area contributed by atoms with Gasteiger partial charge in [0.25, 0.3) is 0 Å². The fourth-order valence-corrected chi connectivity index (χ4v) is 2.62. The van der Waals surface area contributed by atoms with Crippen LogP contribution in [0.3, 0.4) is 0 Å². The summed E-state index contributed by atoms with van der Waals surface area (Å²) < 4.78 is 0. The van der Waals surface area contributed by atoms with Gasteiger partial charge in [-0.2, -0.15) is 0 Å². The Kier molecular flexibility index (Phi) is 2.23. The number of aromatic carboxylic acids is 1. The number of hydrogen-bond donors (Lipinski definition) is 2. The van der Waals surface area contributed by atoms with E-state index in [2.05, 4.69) is 4.98 Å². The van der Waals surface area contributed by atoms with Gasteiger partial charge in [-0.3, -0.25) is 0 Å². The van der Waals surface area contributed by atoms with E-state index in [4.69, 9.17) is 5.11 Å². The molecule has 0 aliphatic carbocycles. The first-order chi connectivity index (χ1) is 8.25. The van der Waals surface area contributed by atoms with Gasteiger partial charge in [-0.1, -0.05) is 18.2 Å². The van der Waals surface area contributed by atoms with E-state index in [0.717, 1.165) is 16.5 Å². The molecule has 0 aliphatic heterocycles. The Morgan fingerprint density at radius 2 is 2.18 bits per heavy atom. The predicted molar refractivity (Wildman–Crippen MR) is 68.6 cm³/mol. The number of carboxylic acid groups (broad SMARTS) is 1. The second-order valence-electron chi connectivity index (χ2n) is 3.75. The van der Waals surface area contributed by atoms with Crippen LogP contribution in [-0.4, -0.2) is 16.1 Å². The first kappa shape index (κ1) is 10.1. The van der Waals surface area contributed by atoms with Gasteiger partial charge in [0.1, 0.15) is 0 Å². The zero-order valence-corrected chi connectivity index (χ0v) is 9.62. The minimum Gasteiger partial charge on any atom is -0.478 e. The van der Waals surface area contributed by atoms with Crippen LogP contribution in [0.15, 0.2) is 41.9 Å². The van der Waals surface area contributed by atoms with Crippen LogP contribution in [0, 0.1) is 0 Å². The Bertz CT molecular complexity index is 683. The van der Waals surface area contributed by atoms with E-state index >= 15 is 0 Å². The van der Waals surface area contributed by atoms with Crippen molar-refractivity contribution in [3.05, 3.63) is 47.5 Å². The number of carboxylic acids is 1. The van der Waals surface area contributed by atoms with Gasteiger partial charge in [-0.15, -0.1) is 11.3 Å². The van der Waals surface area contributed by atoms with Gasteiger partial charge in [0, 0.05) is 22.0 Å². The highest BCUT2D eigenvalue weighted by atomic mass is 32.1. The topological polar surface area (TPSA) is 53.1 Å². The molecule has 0 atom stereocenters. The summed E-state index contributed by atoms with van der Waals surface area (Å²) in [5, 5.41) is 11.8. The normalized spacial score (nSPS) is 10.8. The minimum atomic E-state index is -0.903. The molecule has 2 aromatic heterocycles. The van der Waals surface area contributed by atoms with Crippen molar-refractivity contribution in [1.29, 1.82) is 0 Å². The summed E-state index contributed by atoms with van der Waals surface area (Å²) in [5.41, 5.74) is 2.28. The van der Waals surface area contributed by atoms with Crippen LogP contribution in [-0.2, 0) is 0 Å². The minimum absolute atomic E-state index is 0.317. The highest BCUT2D eigenvalue weighted by Gasteiger charge is 2.10. The molecule has 0 bridgehead atoms. The van der Waals surface area contributed by atoms with Crippen LogP contribution in [0.1, 0.15) is 10.4 Å². The van der Waals surface area contributed by atoms with Gasteiger partial charge >= 0.3 is 5.97 Å². The average molecular weight is 243 g/mol. The lowest BCUT2D eigenvalue weighted by atomic mass is 10.1. The largest absolute Gasteiger partial charge is 0.478 e. The molecule has 0 saturated carbocycles. The molecule has 0 amide bonds. The molecule has 2 N–H and O–H groups in total. The molecule has 0 unspecified atom stereocenters. The number of thiophene rings is 1. The third-order valence-electron chi connectivity index (χ3n) is 2.72. The molecule has 84 valence electrons. The summed E-state index contributed by atoms with van der Waals surface area (Å²) in [6.07, 6.45) is 1.53. The zero-order chi connectivity index (χ0) is 11.8. The molecule has 0 spiro atoms. The monoisotopic (exact) mass is 243 g/mol. The Morgan fingerprint density at radius 3 is 2.88 bits per heavy atom. The maximum Gasteiger partial charge on any atom is 0.337 e. The lowest BCUT2D eigenvalue weighted by Crippen LogP contribution is -1.93. The summed E-state index contributed by atoms with van der Waals surface area (Å²) in [5.74, 6) is -0.903.